The van der Waals surface area contributed by atoms with Crippen molar-refractivity contribution in [1.29, 1.82) is 0 Å². The lowest BCUT2D eigenvalue weighted by Gasteiger charge is -1.89. The van der Waals surface area contributed by atoms with Gasteiger partial charge in [-0.1, -0.05) is 0 Å². The van der Waals surface area contributed by atoms with E-state index in [0.717, 1.165) is 0 Å². The Morgan fingerprint density at radius 2 is 2.43 bits per heavy atom. The normalized spacial score (nSPS) is 8.14. The number of carbonyl (C=O) groups excluding carboxylic acids is 1. The topological polar surface area (TPSA) is 26.3 Å². The molecule has 0 atom stereocenters. The van der Waals surface area contributed by atoms with E-state index in [-0.39, 0.29) is 6.61 Å². The predicted octanol–water partition coefficient (Wildman–Crippen LogP) is 0.519. The molecule has 0 rings (SSSR count). The van der Waals surface area contributed by atoms with Crippen LogP contribution in [0.25, 0.3) is 0 Å². The van der Waals surface area contributed by atoms with E-state index in [4.69, 9.17) is 0 Å². The van der Waals surface area contributed by atoms with Gasteiger partial charge in [0.05, 0.1) is 13.3 Å². The summed E-state index contributed by atoms with van der Waals surface area (Å²) in [5, 5.41) is 0. The largest absolute Gasteiger partial charge is 0.468 e. The average molecular weight is 106 g/mol. The fourth-order valence-electron chi connectivity index (χ4n) is 0.186. The van der Waals surface area contributed by atoms with Crippen molar-refractivity contribution in [2.45, 2.75) is 6.42 Å². The molecule has 0 aliphatic heterocycles. The summed E-state index contributed by atoms with van der Waals surface area (Å²) in [5.41, 5.74) is 0. The standard InChI is InChI=1S/C4H7FO2/c5-2-1-3-7-4-6/h4H,1-3H2. The van der Waals surface area contributed by atoms with Crippen molar-refractivity contribution in [3.8, 4) is 0 Å². The minimum Gasteiger partial charge on any atom is -0.468 e. The van der Waals surface area contributed by atoms with Gasteiger partial charge in [-0.3, -0.25) is 9.18 Å². The maximum Gasteiger partial charge on any atom is 0.293 e. The van der Waals surface area contributed by atoms with Crippen LogP contribution >= 0.6 is 0 Å². The van der Waals surface area contributed by atoms with Crippen LogP contribution < -0.4 is 0 Å². The Kier molecular flexibility index (Phi) is 4.94. The zero-order valence-electron chi connectivity index (χ0n) is 3.89. The molecule has 2 nitrogen and oxygen atoms in total. The van der Waals surface area contributed by atoms with E-state index in [9.17, 15) is 9.18 Å². The smallest absolute Gasteiger partial charge is 0.293 e. The van der Waals surface area contributed by atoms with Crippen LogP contribution in [0.2, 0.25) is 0 Å². The molecule has 0 aliphatic rings. The van der Waals surface area contributed by atoms with Gasteiger partial charge in [-0.2, -0.15) is 0 Å². The third-order valence-electron chi connectivity index (χ3n) is 0.464. The predicted molar refractivity (Wildman–Crippen MR) is 22.6 cm³/mol. The van der Waals surface area contributed by atoms with Gasteiger partial charge in [-0.05, 0) is 0 Å². The molecule has 0 radical (unpaired) electrons. The number of hydrogen-bond donors (Lipinski definition) is 0. The molecule has 0 aromatic rings. The van der Waals surface area contributed by atoms with Gasteiger partial charge >= 0.3 is 0 Å². The summed E-state index contributed by atoms with van der Waals surface area (Å²) in [6, 6.07) is 0. The van der Waals surface area contributed by atoms with E-state index in [1.807, 2.05) is 0 Å². The molecule has 0 fully saturated rings. The molecular formula is C4H7FO2. The van der Waals surface area contributed by atoms with Gasteiger partial charge in [0, 0.05) is 6.42 Å². The van der Waals surface area contributed by atoms with Crippen LogP contribution in [0.4, 0.5) is 4.39 Å². The summed E-state index contributed by atoms with van der Waals surface area (Å²) in [7, 11) is 0. The first-order valence-electron chi connectivity index (χ1n) is 2.03. The van der Waals surface area contributed by atoms with Gasteiger partial charge in [0.15, 0.2) is 0 Å². The van der Waals surface area contributed by atoms with Crippen molar-refractivity contribution >= 4 is 6.47 Å². The third-order valence-corrected chi connectivity index (χ3v) is 0.464. The van der Waals surface area contributed by atoms with Crippen LogP contribution in [0.3, 0.4) is 0 Å². The SMILES string of the molecule is O=COCCCF. The highest BCUT2D eigenvalue weighted by Crippen LogP contribution is 1.78. The number of carbonyl (C=O) groups is 1. The van der Waals surface area contributed by atoms with Crippen LogP contribution in [0.15, 0.2) is 0 Å². The molecule has 0 spiro atoms. The summed E-state index contributed by atoms with van der Waals surface area (Å²) in [6.07, 6.45) is 0.304. The van der Waals surface area contributed by atoms with Crippen LogP contribution in [-0.4, -0.2) is 19.8 Å². The molecule has 7 heavy (non-hydrogen) atoms. The van der Waals surface area contributed by atoms with Crippen LogP contribution in [0.1, 0.15) is 6.42 Å². The monoisotopic (exact) mass is 106 g/mol. The van der Waals surface area contributed by atoms with E-state index < -0.39 is 6.67 Å². The van der Waals surface area contributed by atoms with Gasteiger partial charge in [0.1, 0.15) is 0 Å². The van der Waals surface area contributed by atoms with E-state index in [2.05, 4.69) is 4.74 Å². The molecule has 0 aliphatic carbocycles. The number of rotatable bonds is 4. The van der Waals surface area contributed by atoms with Crippen molar-refractivity contribution in [2.75, 3.05) is 13.3 Å². The summed E-state index contributed by atoms with van der Waals surface area (Å²) in [4.78, 5) is 9.34. The van der Waals surface area contributed by atoms with Gasteiger partial charge in [-0.25, -0.2) is 0 Å². The quantitative estimate of drug-likeness (QED) is 0.385. The van der Waals surface area contributed by atoms with Crippen molar-refractivity contribution in [3.63, 3.8) is 0 Å². The molecule has 3 heteroatoms. The molecule has 0 heterocycles. The number of halogens is 1. The summed E-state index contributed by atoms with van der Waals surface area (Å²) in [6.45, 7) is 0.0868. The maximum absolute atomic E-state index is 11.1. The molecule has 0 N–H and O–H groups in total. The molecular weight excluding hydrogens is 99.0 g/mol. The molecule has 0 saturated heterocycles. The fourth-order valence-corrected chi connectivity index (χ4v) is 0.186. The Labute approximate surface area is 41.3 Å². The lowest BCUT2D eigenvalue weighted by molar-refractivity contribution is -0.128. The van der Waals surface area contributed by atoms with Gasteiger partial charge in [0.2, 0.25) is 0 Å². The second-order valence-electron chi connectivity index (χ2n) is 1.01. The second kappa shape index (κ2) is 5.40. The summed E-state index contributed by atoms with van der Waals surface area (Å²) >= 11 is 0. The zero-order valence-corrected chi connectivity index (χ0v) is 3.89. The molecule has 0 unspecified atom stereocenters. The molecule has 42 valence electrons. The Morgan fingerprint density at radius 1 is 1.71 bits per heavy atom. The highest BCUT2D eigenvalue weighted by molar-refractivity contribution is 5.36. The number of ether oxygens (including phenoxy) is 1. The highest BCUT2D eigenvalue weighted by atomic mass is 19.1. The summed E-state index contributed by atoms with van der Waals surface area (Å²) < 4.78 is 15.3. The first-order valence-corrected chi connectivity index (χ1v) is 2.03. The van der Waals surface area contributed by atoms with E-state index in [1.165, 1.54) is 0 Å². The van der Waals surface area contributed by atoms with Crippen molar-refractivity contribution < 1.29 is 13.9 Å². The zero-order chi connectivity index (χ0) is 5.54. The molecule has 0 aromatic heterocycles. The minimum atomic E-state index is -0.423. The Morgan fingerprint density at radius 3 is 2.86 bits per heavy atom. The van der Waals surface area contributed by atoms with E-state index in [0.29, 0.717) is 12.9 Å². The van der Waals surface area contributed by atoms with Gasteiger partial charge < -0.3 is 4.74 Å². The van der Waals surface area contributed by atoms with E-state index in [1.54, 1.807) is 0 Å². The van der Waals surface area contributed by atoms with Crippen molar-refractivity contribution in [1.82, 2.24) is 0 Å². The Balaban J connectivity index is 2.56. The Hall–Kier alpha value is -0.600. The first-order chi connectivity index (χ1) is 3.41. The molecule has 0 saturated carbocycles. The van der Waals surface area contributed by atoms with Crippen molar-refractivity contribution in [3.05, 3.63) is 0 Å². The number of alkyl halides is 1. The Bertz CT molecular complexity index is 47.0. The fraction of sp³-hybridized carbons (Fsp3) is 0.750. The highest BCUT2D eigenvalue weighted by Gasteiger charge is 1.80. The van der Waals surface area contributed by atoms with E-state index >= 15 is 0 Å². The van der Waals surface area contributed by atoms with Crippen LogP contribution in [0, 0.1) is 0 Å². The molecule has 0 amide bonds. The molecule has 0 aromatic carbocycles. The minimum absolute atomic E-state index is 0.194. The van der Waals surface area contributed by atoms with Gasteiger partial charge in [0.25, 0.3) is 6.47 Å². The average Bonchev–Trinajstić information content (AvgIpc) is 1.69. The van der Waals surface area contributed by atoms with Gasteiger partial charge in [-0.15, -0.1) is 0 Å². The summed E-state index contributed by atoms with van der Waals surface area (Å²) in [5.74, 6) is 0. The third kappa shape index (κ3) is 5.40. The second-order valence-corrected chi connectivity index (χ2v) is 1.01. The van der Waals surface area contributed by atoms with Crippen molar-refractivity contribution in [2.24, 2.45) is 0 Å². The first kappa shape index (κ1) is 6.40. The van der Waals surface area contributed by atoms with Crippen LogP contribution in [0.5, 0.6) is 0 Å². The number of hydrogen-bond acceptors (Lipinski definition) is 2. The van der Waals surface area contributed by atoms with Crippen LogP contribution in [-0.2, 0) is 9.53 Å². The lowest BCUT2D eigenvalue weighted by atomic mass is 10.5. The maximum atomic E-state index is 11.1. The molecule has 0 bridgehead atoms. The lowest BCUT2D eigenvalue weighted by Crippen LogP contribution is -1.91.